The zero-order chi connectivity index (χ0) is 9.71. The number of aryl methyl sites for hydroxylation is 1. The zero-order valence-corrected chi connectivity index (χ0v) is 8.85. The lowest BCUT2D eigenvalue weighted by atomic mass is 10.4. The first kappa shape index (κ1) is 8.07. The lowest BCUT2D eigenvalue weighted by Gasteiger charge is -1.89. The van der Waals surface area contributed by atoms with Crippen LogP contribution < -0.4 is 5.56 Å². The Morgan fingerprint density at radius 1 is 1.50 bits per heavy atom. The van der Waals surface area contributed by atoms with E-state index in [9.17, 15) is 4.79 Å². The van der Waals surface area contributed by atoms with E-state index in [0.29, 0.717) is 10.3 Å². The van der Waals surface area contributed by atoms with Gasteiger partial charge in [-0.3, -0.25) is 4.79 Å². The highest BCUT2D eigenvalue weighted by Gasteiger charge is 2.09. The third-order valence-corrected chi connectivity index (χ3v) is 3.56. The molecule has 0 aliphatic rings. The van der Waals surface area contributed by atoms with Crippen LogP contribution in [0.1, 0.15) is 5.01 Å². The Hall–Kier alpha value is -1.27. The molecule has 70 valence electrons. The molecule has 3 aromatic heterocycles. The van der Waals surface area contributed by atoms with Crippen LogP contribution >= 0.6 is 22.7 Å². The van der Waals surface area contributed by atoms with Crippen LogP contribution in [-0.2, 0) is 0 Å². The molecule has 0 radical (unpaired) electrons. The highest BCUT2D eigenvalue weighted by molar-refractivity contribution is 7.18. The van der Waals surface area contributed by atoms with Gasteiger partial charge in [0.05, 0.1) is 5.39 Å². The SMILES string of the molecule is Cc1nn2c(=O)c3ccsc3nc2s1. The first-order valence-electron chi connectivity index (χ1n) is 3.99. The van der Waals surface area contributed by atoms with Gasteiger partial charge in [0.2, 0.25) is 4.96 Å². The Balaban J connectivity index is 2.68. The first-order valence-corrected chi connectivity index (χ1v) is 5.69. The number of hydrogen-bond donors (Lipinski definition) is 0. The number of hydrogen-bond acceptors (Lipinski definition) is 5. The molecular formula is C8H5N3OS2. The van der Waals surface area contributed by atoms with Crippen LogP contribution in [0.4, 0.5) is 0 Å². The van der Waals surface area contributed by atoms with Gasteiger partial charge in [-0.05, 0) is 18.4 Å². The van der Waals surface area contributed by atoms with E-state index in [1.54, 1.807) is 6.07 Å². The van der Waals surface area contributed by atoms with Crippen LogP contribution in [-0.4, -0.2) is 14.6 Å². The van der Waals surface area contributed by atoms with Gasteiger partial charge in [-0.25, -0.2) is 4.98 Å². The van der Waals surface area contributed by atoms with Crippen molar-refractivity contribution in [3.63, 3.8) is 0 Å². The molecule has 4 nitrogen and oxygen atoms in total. The molecule has 0 aliphatic carbocycles. The summed E-state index contributed by atoms with van der Waals surface area (Å²) in [5.74, 6) is 0. The molecule has 0 bridgehead atoms. The van der Waals surface area contributed by atoms with Gasteiger partial charge in [0.1, 0.15) is 9.84 Å². The fourth-order valence-corrected chi connectivity index (χ4v) is 2.88. The summed E-state index contributed by atoms with van der Waals surface area (Å²) in [4.78, 5) is 17.7. The van der Waals surface area contributed by atoms with E-state index in [4.69, 9.17) is 0 Å². The molecule has 3 aromatic rings. The first-order chi connectivity index (χ1) is 6.75. The standard InChI is InChI=1S/C8H5N3OS2/c1-4-10-11-7(12)5-2-3-13-6(5)9-8(11)14-4/h2-3H,1H3. The minimum Gasteiger partial charge on any atom is -0.267 e. The number of thiophene rings is 1. The maximum Gasteiger partial charge on any atom is 0.283 e. The van der Waals surface area contributed by atoms with E-state index in [1.807, 2.05) is 12.3 Å². The summed E-state index contributed by atoms with van der Waals surface area (Å²) in [5, 5.41) is 7.48. The van der Waals surface area contributed by atoms with E-state index in [1.165, 1.54) is 27.2 Å². The second kappa shape index (κ2) is 2.61. The number of nitrogens with zero attached hydrogens (tertiary/aromatic N) is 3. The van der Waals surface area contributed by atoms with Gasteiger partial charge < -0.3 is 0 Å². The van der Waals surface area contributed by atoms with Crippen LogP contribution in [0.2, 0.25) is 0 Å². The molecule has 0 fully saturated rings. The van der Waals surface area contributed by atoms with Crippen molar-refractivity contribution in [3.05, 3.63) is 26.8 Å². The normalized spacial score (nSPS) is 11.5. The Kier molecular flexibility index (Phi) is 1.51. The fourth-order valence-electron chi connectivity index (χ4n) is 1.33. The Labute approximate surface area is 86.5 Å². The summed E-state index contributed by atoms with van der Waals surface area (Å²) in [6, 6.07) is 1.79. The smallest absolute Gasteiger partial charge is 0.267 e. The summed E-state index contributed by atoms with van der Waals surface area (Å²) >= 11 is 2.91. The average Bonchev–Trinajstić information content (AvgIpc) is 2.71. The topological polar surface area (TPSA) is 47.3 Å². The van der Waals surface area contributed by atoms with Crippen molar-refractivity contribution >= 4 is 37.9 Å². The van der Waals surface area contributed by atoms with Gasteiger partial charge >= 0.3 is 0 Å². The number of fused-ring (bicyclic) bond motifs is 2. The van der Waals surface area contributed by atoms with E-state index in [0.717, 1.165) is 9.84 Å². The van der Waals surface area contributed by atoms with E-state index < -0.39 is 0 Å². The van der Waals surface area contributed by atoms with Crippen molar-refractivity contribution in [1.29, 1.82) is 0 Å². The molecule has 0 unspecified atom stereocenters. The largest absolute Gasteiger partial charge is 0.283 e. The summed E-state index contributed by atoms with van der Waals surface area (Å²) in [7, 11) is 0. The molecule has 3 rings (SSSR count). The molecule has 0 amide bonds. The second-order valence-electron chi connectivity index (χ2n) is 2.87. The van der Waals surface area contributed by atoms with Gasteiger partial charge in [-0.15, -0.1) is 11.3 Å². The molecule has 0 aliphatic heterocycles. The molecule has 3 heterocycles. The molecule has 0 spiro atoms. The Morgan fingerprint density at radius 2 is 2.36 bits per heavy atom. The van der Waals surface area contributed by atoms with Crippen LogP contribution in [0.5, 0.6) is 0 Å². The quantitative estimate of drug-likeness (QED) is 0.582. The van der Waals surface area contributed by atoms with Gasteiger partial charge in [0, 0.05) is 0 Å². The third kappa shape index (κ3) is 0.948. The van der Waals surface area contributed by atoms with Crippen LogP contribution in [0, 0.1) is 6.92 Å². The second-order valence-corrected chi connectivity index (χ2v) is 4.93. The highest BCUT2D eigenvalue weighted by Crippen LogP contribution is 2.18. The molecule has 0 saturated heterocycles. The third-order valence-electron chi connectivity index (χ3n) is 1.93. The van der Waals surface area contributed by atoms with Crippen molar-refractivity contribution in [3.8, 4) is 0 Å². The minimum atomic E-state index is -0.0735. The predicted octanol–water partition coefficient (Wildman–Crippen LogP) is 1.67. The van der Waals surface area contributed by atoms with Crippen LogP contribution in [0.3, 0.4) is 0 Å². The molecule has 0 N–H and O–H groups in total. The lowest BCUT2D eigenvalue weighted by Crippen LogP contribution is -2.13. The summed E-state index contributed by atoms with van der Waals surface area (Å²) in [6.07, 6.45) is 0. The summed E-state index contributed by atoms with van der Waals surface area (Å²) in [6.45, 7) is 1.87. The van der Waals surface area contributed by atoms with Crippen molar-refractivity contribution in [2.45, 2.75) is 6.92 Å². The zero-order valence-electron chi connectivity index (χ0n) is 7.22. The minimum absolute atomic E-state index is 0.0735. The van der Waals surface area contributed by atoms with Crippen LogP contribution in [0.15, 0.2) is 16.2 Å². The van der Waals surface area contributed by atoms with Gasteiger partial charge in [0.25, 0.3) is 5.56 Å². The lowest BCUT2D eigenvalue weighted by molar-refractivity contribution is 0.896. The highest BCUT2D eigenvalue weighted by atomic mass is 32.1. The molecule has 0 atom stereocenters. The average molecular weight is 223 g/mol. The molecular weight excluding hydrogens is 218 g/mol. The van der Waals surface area contributed by atoms with Gasteiger partial charge in [0.15, 0.2) is 0 Å². The molecule has 0 saturated carbocycles. The summed E-state index contributed by atoms with van der Waals surface area (Å²) in [5.41, 5.74) is -0.0735. The van der Waals surface area contributed by atoms with Crippen molar-refractivity contribution in [2.24, 2.45) is 0 Å². The fraction of sp³-hybridized carbons (Fsp3) is 0.125. The Morgan fingerprint density at radius 3 is 3.21 bits per heavy atom. The predicted molar refractivity (Wildman–Crippen MR) is 57.3 cm³/mol. The van der Waals surface area contributed by atoms with Crippen molar-refractivity contribution < 1.29 is 0 Å². The molecule has 0 aromatic carbocycles. The maximum atomic E-state index is 11.8. The summed E-state index contributed by atoms with van der Waals surface area (Å²) < 4.78 is 1.37. The van der Waals surface area contributed by atoms with E-state index in [-0.39, 0.29) is 5.56 Å². The monoisotopic (exact) mass is 223 g/mol. The maximum absolute atomic E-state index is 11.8. The Bertz CT molecular complexity index is 679. The van der Waals surface area contributed by atoms with Crippen LogP contribution in [0.25, 0.3) is 15.2 Å². The molecule has 14 heavy (non-hydrogen) atoms. The van der Waals surface area contributed by atoms with Crippen molar-refractivity contribution in [1.82, 2.24) is 14.6 Å². The van der Waals surface area contributed by atoms with E-state index in [2.05, 4.69) is 10.1 Å². The number of rotatable bonds is 0. The van der Waals surface area contributed by atoms with Gasteiger partial charge in [-0.2, -0.15) is 9.61 Å². The van der Waals surface area contributed by atoms with Gasteiger partial charge in [-0.1, -0.05) is 11.3 Å². The van der Waals surface area contributed by atoms with E-state index >= 15 is 0 Å². The molecule has 6 heteroatoms. The van der Waals surface area contributed by atoms with Crippen molar-refractivity contribution in [2.75, 3.05) is 0 Å². The number of aromatic nitrogens is 3.